The standard InChI is InChI=1S/C25H28N4O7S/c1-14(23(33)26-11-22(31)32)28-24(34)20(13-37)29-21(30)10-27-25(35)36-12-19-17-8-4-2-6-15(17)16-7-3-5-9-18(16)19/h2-9,14,19-20,37H,10-13H2,1H3,(H,26,33)(H,27,35)(H,28,34)(H,29,30)(H,31,32)/t14-,20-/m0/s1. The van der Waals surface area contributed by atoms with E-state index < -0.39 is 55.0 Å². The Bertz CT molecular complexity index is 1140. The van der Waals surface area contributed by atoms with Crippen LogP contribution in [0.5, 0.6) is 0 Å². The third-order valence-corrected chi connectivity index (χ3v) is 6.10. The van der Waals surface area contributed by atoms with Crippen molar-refractivity contribution in [3.05, 3.63) is 59.7 Å². The summed E-state index contributed by atoms with van der Waals surface area (Å²) in [6.07, 6.45) is -0.785. The molecule has 2 aromatic rings. The summed E-state index contributed by atoms with van der Waals surface area (Å²) in [5.41, 5.74) is 4.30. The van der Waals surface area contributed by atoms with Gasteiger partial charge in [-0.25, -0.2) is 4.79 Å². The molecule has 0 saturated heterocycles. The van der Waals surface area contributed by atoms with Crippen LogP contribution < -0.4 is 21.3 Å². The summed E-state index contributed by atoms with van der Waals surface area (Å²) in [7, 11) is 0. The molecule has 0 radical (unpaired) electrons. The van der Waals surface area contributed by atoms with Crippen LogP contribution >= 0.6 is 12.6 Å². The molecule has 1 aliphatic rings. The number of benzene rings is 2. The van der Waals surface area contributed by atoms with Gasteiger partial charge in [0, 0.05) is 11.7 Å². The van der Waals surface area contributed by atoms with E-state index >= 15 is 0 Å². The lowest BCUT2D eigenvalue weighted by molar-refractivity contribution is -0.138. The number of rotatable bonds is 11. The number of carboxylic acid groups (broad SMARTS) is 1. The molecule has 37 heavy (non-hydrogen) atoms. The number of aliphatic carboxylic acids is 1. The largest absolute Gasteiger partial charge is 0.480 e. The molecule has 5 N–H and O–H groups in total. The predicted octanol–water partition coefficient (Wildman–Crippen LogP) is 0.645. The molecule has 0 heterocycles. The van der Waals surface area contributed by atoms with Crippen molar-refractivity contribution >= 4 is 42.4 Å². The fourth-order valence-corrected chi connectivity index (χ4v) is 4.19. The number of carboxylic acids is 1. The molecule has 0 saturated carbocycles. The van der Waals surface area contributed by atoms with E-state index in [2.05, 4.69) is 33.9 Å². The second-order valence-corrected chi connectivity index (χ2v) is 8.69. The number of hydrogen-bond donors (Lipinski definition) is 6. The fourth-order valence-electron chi connectivity index (χ4n) is 3.94. The van der Waals surface area contributed by atoms with E-state index in [9.17, 15) is 24.0 Å². The average Bonchev–Trinajstić information content (AvgIpc) is 3.21. The monoisotopic (exact) mass is 528 g/mol. The van der Waals surface area contributed by atoms with E-state index in [1.807, 2.05) is 48.5 Å². The van der Waals surface area contributed by atoms with Crippen LogP contribution in [0.15, 0.2) is 48.5 Å². The van der Waals surface area contributed by atoms with E-state index in [1.165, 1.54) is 6.92 Å². The minimum atomic E-state index is -1.23. The van der Waals surface area contributed by atoms with Gasteiger partial charge in [-0.1, -0.05) is 48.5 Å². The molecular weight excluding hydrogens is 500 g/mol. The summed E-state index contributed by atoms with van der Waals surface area (Å²) in [5, 5.41) is 17.9. The fraction of sp³-hybridized carbons (Fsp3) is 0.320. The zero-order valence-corrected chi connectivity index (χ0v) is 20.9. The Morgan fingerprint density at radius 1 is 0.892 bits per heavy atom. The third kappa shape index (κ3) is 7.23. The third-order valence-electron chi connectivity index (χ3n) is 5.74. The average molecular weight is 529 g/mol. The van der Waals surface area contributed by atoms with Gasteiger partial charge >= 0.3 is 12.1 Å². The SMILES string of the molecule is C[C@H](NC(=O)[C@H](CS)NC(=O)CNC(=O)OCC1c2ccccc2-c2ccccc21)C(=O)NCC(=O)O. The van der Waals surface area contributed by atoms with E-state index in [4.69, 9.17) is 9.84 Å². The molecule has 0 spiro atoms. The molecule has 2 aromatic carbocycles. The summed E-state index contributed by atoms with van der Waals surface area (Å²) in [6.45, 7) is 0.423. The van der Waals surface area contributed by atoms with Crippen molar-refractivity contribution in [1.82, 2.24) is 21.3 Å². The maximum atomic E-state index is 12.4. The Kier molecular flexibility index (Phi) is 9.50. The Morgan fingerprint density at radius 2 is 1.49 bits per heavy atom. The molecule has 12 heteroatoms. The molecule has 11 nitrogen and oxygen atoms in total. The molecule has 0 unspecified atom stereocenters. The molecule has 1 aliphatic carbocycles. The summed E-state index contributed by atoms with van der Waals surface area (Å²) < 4.78 is 5.38. The number of carbonyl (C=O) groups excluding carboxylic acids is 4. The first-order valence-corrected chi connectivity index (χ1v) is 12.1. The predicted molar refractivity (Wildman–Crippen MR) is 137 cm³/mol. The van der Waals surface area contributed by atoms with Gasteiger partial charge in [-0.05, 0) is 29.2 Å². The number of fused-ring (bicyclic) bond motifs is 3. The van der Waals surface area contributed by atoms with Gasteiger partial charge in [0.1, 0.15) is 31.8 Å². The normalized spacial score (nSPS) is 13.4. The zero-order valence-electron chi connectivity index (χ0n) is 20.0. The lowest BCUT2D eigenvalue weighted by Gasteiger charge is -2.20. The molecular formula is C25H28N4O7S. The van der Waals surface area contributed by atoms with Crippen molar-refractivity contribution < 1.29 is 33.8 Å². The van der Waals surface area contributed by atoms with Crippen LogP contribution in [-0.2, 0) is 23.9 Å². The number of amides is 4. The zero-order chi connectivity index (χ0) is 26.9. The van der Waals surface area contributed by atoms with Gasteiger partial charge in [0.2, 0.25) is 17.7 Å². The van der Waals surface area contributed by atoms with Crippen LogP contribution in [0.3, 0.4) is 0 Å². The van der Waals surface area contributed by atoms with E-state index in [1.54, 1.807) is 0 Å². The Labute approximate surface area is 218 Å². The van der Waals surface area contributed by atoms with Gasteiger partial charge in [0.05, 0.1) is 0 Å². The van der Waals surface area contributed by atoms with Crippen LogP contribution in [0.25, 0.3) is 11.1 Å². The minimum Gasteiger partial charge on any atom is -0.480 e. The second-order valence-electron chi connectivity index (χ2n) is 8.32. The van der Waals surface area contributed by atoms with Crippen LogP contribution in [-0.4, -0.2) is 72.4 Å². The first kappa shape index (κ1) is 27.5. The lowest BCUT2D eigenvalue weighted by Crippen LogP contribution is -2.54. The van der Waals surface area contributed by atoms with Crippen LogP contribution in [0.2, 0.25) is 0 Å². The number of alkyl carbamates (subject to hydrolysis) is 1. The number of thiol groups is 1. The molecule has 4 amide bonds. The summed E-state index contributed by atoms with van der Waals surface area (Å²) in [6, 6.07) is 13.7. The van der Waals surface area contributed by atoms with Crippen molar-refractivity contribution in [2.24, 2.45) is 0 Å². The van der Waals surface area contributed by atoms with Gasteiger partial charge in [-0.3, -0.25) is 19.2 Å². The molecule has 0 aliphatic heterocycles. The maximum absolute atomic E-state index is 12.4. The van der Waals surface area contributed by atoms with Crippen molar-refractivity contribution in [3.63, 3.8) is 0 Å². The Morgan fingerprint density at radius 3 is 2.05 bits per heavy atom. The van der Waals surface area contributed by atoms with Gasteiger partial charge < -0.3 is 31.1 Å². The summed E-state index contributed by atoms with van der Waals surface area (Å²) in [4.78, 5) is 59.3. The maximum Gasteiger partial charge on any atom is 0.407 e. The second kappa shape index (κ2) is 12.8. The van der Waals surface area contributed by atoms with E-state index in [0.29, 0.717) is 0 Å². The summed E-state index contributed by atoms with van der Waals surface area (Å²) >= 11 is 4.04. The van der Waals surface area contributed by atoms with E-state index in [0.717, 1.165) is 22.3 Å². The van der Waals surface area contributed by atoms with Gasteiger partial charge in [-0.15, -0.1) is 0 Å². The number of nitrogens with one attached hydrogen (secondary N) is 4. The number of carbonyl (C=O) groups is 5. The van der Waals surface area contributed by atoms with Gasteiger partial charge in [0.15, 0.2) is 0 Å². The van der Waals surface area contributed by atoms with Gasteiger partial charge in [-0.2, -0.15) is 12.6 Å². The van der Waals surface area contributed by atoms with Gasteiger partial charge in [0.25, 0.3) is 0 Å². The van der Waals surface area contributed by atoms with Crippen molar-refractivity contribution in [3.8, 4) is 11.1 Å². The van der Waals surface area contributed by atoms with Crippen molar-refractivity contribution in [1.29, 1.82) is 0 Å². The molecule has 0 fully saturated rings. The number of hydrogen-bond acceptors (Lipinski definition) is 7. The van der Waals surface area contributed by atoms with E-state index in [-0.39, 0.29) is 18.3 Å². The first-order chi connectivity index (χ1) is 17.7. The highest BCUT2D eigenvalue weighted by Gasteiger charge is 2.29. The molecule has 3 rings (SSSR count). The van der Waals surface area contributed by atoms with Crippen molar-refractivity contribution in [2.75, 3.05) is 25.4 Å². The van der Waals surface area contributed by atoms with Crippen LogP contribution in [0.1, 0.15) is 24.0 Å². The molecule has 196 valence electrons. The van der Waals surface area contributed by atoms with Crippen LogP contribution in [0.4, 0.5) is 4.79 Å². The molecule has 0 bridgehead atoms. The quantitative estimate of drug-likeness (QED) is 0.233. The Hall–Kier alpha value is -4.06. The van der Waals surface area contributed by atoms with Crippen LogP contribution in [0, 0.1) is 0 Å². The number of ether oxygens (including phenoxy) is 1. The minimum absolute atomic E-state index is 0.0774. The molecule has 0 aromatic heterocycles. The lowest BCUT2D eigenvalue weighted by atomic mass is 9.98. The smallest absolute Gasteiger partial charge is 0.407 e. The topological polar surface area (TPSA) is 163 Å². The highest BCUT2D eigenvalue weighted by molar-refractivity contribution is 7.80. The van der Waals surface area contributed by atoms with Crippen molar-refractivity contribution in [2.45, 2.75) is 24.9 Å². The highest BCUT2D eigenvalue weighted by Crippen LogP contribution is 2.44. The molecule has 2 atom stereocenters. The Balaban J connectivity index is 1.45. The highest BCUT2D eigenvalue weighted by atomic mass is 32.1. The summed E-state index contributed by atoms with van der Waals surface area (Å²) in [5.74, 6) is -3.48. The first-order valence-electron chi connectivity index (χ1n) is 11.5.